The van der Waals surface area contributed by atoms with Crippen molar-refractivity contribution in [2.75, 3.05) is 5.32 Å². The molecule has 0 radical (unpaired) electrons. The second-order valence-corrected chi connectivity index (χ2v) is 6.43. The fraction of sp³-hybridized carbons (Fsp3) is 0.0909. The van der Waals surface area contributed by atoms with Gasteiger partial charge in [0.1, 0.15) is 22.8 Å². The second-order valence-electron chi connectivity index (χ2n) is 6.43. The Morgan fingerprint density at radius 1 is 0.852 bits per heavy atom. The van der Waals surface area contributed by atoms with E-state index >= 15 is 0 Å². The summed E-state index contributed by atoms with van der Waals surface area (Å²) in [6.45, 7) is 1.99. The molecule has 0 spiro atoms. The summed E-state index contributed by atoms with van der Waals surface area (Å²) in [5, 5.41) is 25.5. The summed E-state index contributed by atoms with van der Waals surface area (Å²) in [6, 6.07) is 17.9. The molecule has 0 aliphatic heterocycles. The molecule has 0 fully saturated rings. The van der Waals surface area contributed by atoms with Crippen molar-refractivity contribution in [2.45, 2.75) is 13.0 Å². The van der Waals surface area contributed by atoms with Gasteiger partial charge >= 0.3 is 0 Å². The number of rotatable bonds is 4. The van der Waals surface area contributed by atoms with Gasteiger partial charge in [0.25, 0.3) is 0 Å². The van der Waals surface area contributed by atoms with Crippen LogP contribution in [-0.2, 0) is 0 Å². The van der Waals surface area contributed by atoms with Crippen molar-refractivity contribution in [3.05, 3.63) is 89.7 Å². The Hall–Kier alpha value is -3.60. The number of phenols is 2. The molecule has 0 saturated heterocycles. The Bertz CT molecular complexity index is 1110. The number of aryl methyl sites for hydroxylation is 1. The topological polar surface area (TPSA) is 78.3 Å². The van der Waals surface area contributed by atoms with Crippen molar-refractivity contribution in [3.63, 3.8) is 0 Å². The molecule has 0 aliphatic carbocycles. The summed E-state index contributed by atoms with van der Waals surface area (Å²) in [6.07, 6.45) is 3.37. The molecule has 3 N–H and O–H groups in total. The van der Waals surface area contributed by atoms with Crippen LogP contribution in [0.15, 0.2) is 73.1 Å². The number of aromatic nitrogens is 2. The third-order valence-electron chi connectivity index (χ3n) is 4.55. The Labute approximate surface area is 157 Å². The molecular weight excluding hydrogens is 338 g/mol. The summed E-state index contributed by atoms with van der Waals surface area (Å²) in [4.78, 5) is 8.67. The first kappa shape index (κ1) is 16.8. The highest BCUT2D eigenvalue weighted by atomic mass is 16.3. The van der Waals surface area contributed by atoms with Crippen molar-refractivity contribution < 1.29 is 10.2 Å². The largest absolute Gasteiger partial charge is 0.508 e. The van der Waals surface area contributed by atoms with E-state index in [-0.39, 0.29) is 11.5 Å². The molecule has 4 aromatic rings. The average Bonchev–Trinajstić information content (AvgIpc) is 2.68. The van der Waals surface area contributed by atoms with Crippen LogP contribution in [0.3, 0.4) is 0 Å². The molecule has 1 atom stereocenters. The normalized spacial score (nSPS) is 12.0. The van der Waals surface area contributed by atoms with E-state index < -0.39 is 6.04 Å². The molecule has 0 unspecified atom stereocenters. The Morgan fingerprint density at radius 3 is 2.52 bits per heavy atom. The minimum Gasteiger partial charge on any atom is -0.508 e. The maximum atomic E-state index is 10.9. The second kappa shape index (κ2) is 6.96. The quantitative estimate of drug-likeness (QED) is 0.499. The number of phenolic OH excluding ortho intramolecular Hbond substituents is 2. The summed E-state index contributed by atoms with van der Waals surface area (Å²) < 4.78 is 0. The van der Waals surface area contributed by atoms with E-state index in [9.17, 15) is 10.2 Å². The van der Waals surface area contributed by atoms with E-state index in [1.165, 1.54) is 0 Å². The summed E-state index contributed by atoms with van der Waals surface area (Å²) in [5.41, 5.74) is 2.85. The molecule has 0 amide bonds. The van der Waals surface area contributed by atoms with Crippen molar-refractivity contribution in [1.29, 1.82) is 0 Å². The van der Waals surface area contributed by atoms with E-state index in [1.807, 2.05) is 55.5 Å². The number of hydrogen-bond acceptors (Lipinski definition) is 5. The highest BCUT2D eigenvalue weighted by molar-refractivity contribution is 5.86. The number of benzene rings is 2. The first-order valence-electron chi connectivity index (χ1n) is 8.67. The monoisotopic (exact) mass is 357 g/mol. The van der Waals surface area contributed by atoms with Crippen LogP contribution in [0, 0.1) is 6.92 Å². The number of para-hydroxylation sites is 1. The fourth-order valence-corrected chi connectivity index (χ4v) is 3.20. The first-order valence-corrected chi connectivity index (χ1v) is 8.67. The number of nitrogens with zero attached hydrogens (tertiary/aromatic N) is 2. The first-order chi connectivity index (χ1) is 13.1. The number of nitrogens with one attached hydrogen (secondary N) is 1. The van der Waals surface area contributed by atoms with Gasteiger partial charge in [-0.05, 0) is 36.8 Å². The highest BCUT2D eigenvalue weighted by Crippen LogP contribution is 2.38. The molecule has 5 heteroatoms. The van der Waals surface area contributed by atoms with Gasteiger partial charge in [0.2, 0.25) is 0 Å². The standard InChI is InChI=1S/C22H19N3O2/c1-14-10-12-23-19(13-14)25-21(16-6-2-3-7-18(16)26)17-9-8-15-5-4-11-24-20(15)22(17)27/h2-13,21,26-27H,1H3,(H,23,25)/t21-/m1/s1. The van der Waals surface area contributed by atoms with Crippen LogP contribution in [-0.4, -0.2) is 20.2 Å². The molecule has 134 valence electrons. The number of pyridine rings is 2. The SMILES string of the molecule is Cc1ccnc(N[C@H](c2ccccc2O)c2ccc3cccnc3c2O)c1. The van der Waals surface area contributed by atoms with E-state index in [1.54, 1.807) is 24.5 Å². The van der Waals surface area contributed by atoms with Crippen LogP contribution in [0.5, 0.6) is 11.5 Å². The van der Waals surface area contributed by atoms with Gasteiger partial charge in [-0.1, -0.05) is 36.4 Å². The molecule has 2 heterocycles. The van der Waals surface area contributed by atoms with Gasteiger partial charge in [-0.2, -0.15) is 0 Å². The third-order valence-corrected chi connectivity index (χ3v) is 4.55. The maximum absolute atomic E-state index is 10.9. The molecule has 5 nitrogen and oxygen atoms in total. The fourth-order valence-electron chi connectivity index (χ4n) is 3.20. The zero-order valence-electron chi connectivity index (χ0n) is 14.8. The van der Waals surface area contributed by atoms with Crippen molar-refractivity contribution in [2.24, 2.45) is 0 Å². The lowest BCUT2D eigenvalue weighted by atomic mass is 9.95. The molecule has 0 aliphatic rings. The number of aromatic hydroxyl groups is 2. The number of fused-ring (bicyclic) bond motifs is 1. The minimum atomic E-state index is -0.494. The van der Waals surface area contributed by atoms with Gasteiger partial charge in [0.15, 0.2) is 0 Å². The average molecular weight is 357 g/mol. The Morgan fingerprint density at radius 2 is 1.70 bits per heavy atom. The summed E-state index contributed by atoms with van der Waals surface area (Å²) >= 11 is 0. The van der Waals surface area contributed by atoms with Gasteiger partial charge in [0, 0.05) is 28.9 Å². The molecule has 4 rings (SSSR count). The van der Waals surface area contributed by atoms with Crippen LogP contribution in [0.25, 0.3) is 10.9 Å². The third kappa shape index (κ3) is 3.27. The maximum Gasteiger partial charge on any atom is 0.147 e. The Kier molecular flexibility index (Phi) is 4.34. The van der Waals surface area contributed by atoms with E-state index in [0.717, 1.165) is 10.9 Å². The van der Waals surface area contributed by atoms with Gasteiger partial charge in [-0.3, -0.25) is 4.98 Å². The van der Waals surface area contributed by atoms with Gasteiger partial charge in [0.05, 0.1) is 6.04 Å². The highest BCUT2D eigenvalue weighted by Gasteiger charge is 2.22. The van der Waals surface area contributed by atoms with Crippen molar-refractivity contribution in [3.8, 4) is 11.5 Å². The van der Waals surface area contributed by atoms with Crippen LogP contribution < -0.4 is 5.32 Å². The van der Waals surface area contributed by atoms with E-state index in [0.29, 0.717) is 22.5 Å². The molecule has 0 bridgehead atoms. The lowest BCUT2D eigenvalue weighted by Crippen LogP contribution is -2.14. The predicted octanol–water partition coefficient (Wildman–Crippen LogP) is 4.55. The molecule has 0 saturated carbocycles. The van der Waals surface area contributed by atoms with Crippen molar-refractivity contribution >= 4 is 16.7 Å². The zero-order valence-corrected chi connectivity index (χ0v) is 14.8. The minimum absolute atomic E-state index is 0.0847. The van der Waals surface area contributed by atoms with Crippen LogP contribution in [0.4, 0.5) is 5.82 Å². The predicted molar refractivity (Wildman–Crippen MR) is 106 cm³/mol. The number of anilines is 1. The zero-order chi connectivity index (χ0) is 18.8. The van der Waals surface area contributed by atoms with Gasteiger partial charge < -0.3 is 15.5 Å². The van der Waals surface area contributed by atoms with Crippen LogP contribution >= 0.6 is 0 Å². The summed E-state index contributed by atoms with van der Waals surface area (Å²) in [7, 11) is 0. The lowest BCUT2D eigenvalue weighted by molar-refractivity contribution is 0.460. The van der Waals surface area contributed by atoms with Crippen LogP contribution in [0.1, 0.15) is 22.7 Å². The lowest BCUT2D eigenvalue weighted by Gasteiger charge is -2.22. The van der Waals surface area contributed by atoms with Crippen molar-refractivity contribution in [1.82, 2.24) is 9.97 Å². The van der Waals surface area contributed by atoms with E-state index in [2.05, 4.69) is 15.3 Å². The van der Waals surface area contributed by atoms with Gasteiger partial charge in [-0.25, -0.2) is 4.98 Å². The molecule has 27 heavy (non-hydrogen) atoms. The van der Waals surface area contributed by atoms with Crippen LogP contribution in [0.2, 0.25) is 0 Å². The smallest absolute Gasteiger partial charge is 0.147 e. The molecule has 2 aromatic heterocycles. The molecular formula is C22H19N3O2. The Balaban J connectivity index is 1.88. The molecule has 2 aromatic carbocycles. The van der Waals surface area contributed by atoms with E-state index in [4.69, 9.17) is 0 Å². The number of hydrogen-bond donors (Lipinski definition) is 3. The van der Waals surface area contributed by atoms with Gasteiger partial charge in [-0.15, -0.1) is 0 Å². The summed E-state index contributed by atoms with van der Waals surface area (Å²) in [5.74, 6) is 0.883.